The van der Waals surface area contributed by atoms with Crippen LogP contribution in [0.25, 0.3) is 21.8 Å². The molecule has 0 radical (unpaired) electrons. The molecular formula is C51H62N10O10. The molecule has 7 N–H and O–H groups in total. The molecule has 1 spiro atoms. The molecule has 3 aliphatic heterocycles. The van der Waals surface area contributed by atoms with Gasteiger partial charge in [-0.25, -0.2) is 4.79 Å². The molecule has 3 saturated heterocycles. The van der Waals surface area contributed by atoms with Crippen LogP contribution in [0.4, 0.5) is 4.79 Å². The number of hydrogen-bond donors (Lipinski definition) is 7. The fraction of sp³-hybridized carbons (Fsp3) is 0.510. The van der Waals surface area contributed by atoms with E-state index < -0.39 is 89.6 Å². The number of carbonyl (C=O) groups is 9. The van der Waals surface area contributed by atoms with Gasteiger partial charge in [0.25, 0.3) is 11.8 Å². The van der Waals surface area contributed by atoms with Crippen molar-refractivity contribution in [2.75, 3.05) is 19.6 Å². The number of carbonyl (C=O) groups excluding carboxylic acids is 9. The van der Waals surface area contributed by atoms with Gasteiger partial charge in [-0.3, -0.25) is 38.4 Å². The fourth-order valence-corrected chi connectivity index (χ4v) is 11.4. The predicted molar refractivity (Wildman–Crippen MR) is 257 cm³/mol. The van der Waals surface area contributed by atoms with Gasteiger partial charge in [-0.2, -0.15) is 0 Å². The first-order chi connectivity index (χ1) is 34.3. The number of benzene rings is 2. The Kier molecular flexibility index (Phi) is 14.4. The van der Waals surface area contributed by atoms with Crippen molar-refractivity contribution in [3.63, 3.8) is 0 Å². The van der Waals surface area contributed by atoms with Crippen molar-refractivity contribution in [3.05, 3.63) is 72.1 Å². The Morgan fingerprint density at radius 2 is 1.32 bits per heavy atom. The van der Waals surface area contributed by atoms with E-state index in [1.807, 2.05) is 55.5 Å². The number of imide groups is 1. The van der Waals surface area contributed by atoms with Crippen molar-refractivity contribution >= 4 is 75.2 Å². The molecule has 9 rings (SSSR count). The van der Waals surface area contributed by atoms with E-state index in [-0.39, 0.29) is 70.0 Å². The summed E-state index contributed by atoms with van der Waals surface area (Å²) >= 11 is 0. The molecule has 2 aromatic heterocycles. The molecule has 0 bridgehead atoms. The summed E-state index contributed by atoms with van der Waals surface area (Å²) in [5.41, 5.74) is 1.61. The minimum absolute atomic E-state index is 0.0114. The van der Waals surface area contributed by atoms with Gasteiger partial charge in [-0.1, -0.05) is 69.0 Å². The van der Waals surface area contributed by atoms with Crippen LogP contribution < -0.4 is 26.6 Å². The first-order valence-corrected chi connectivity index (χ1v) is 25.1. The Bertz CT molecular complexity index is 2710. The largest absolute Gasteiger partial charge is 0.432 e. The van der Waals surface area contributed by atoms with Crippen molar-refractivity contribution in [1.29, 1.82) is 0 Å². The van der Waals surface area contributed by atoms with E-state index in [1.54, 1.807) is 17.3 Å². The number of rotatable bonds is 10. The predicted octanol–water partition coefficient (Wildman–Crippen LogP) is 2.91. The molecule has 5 fully saturated rings. The van der Waals surface area contributed by atoms with Crippen molar-refractivity contribution in [3.8, 4) is 0 Å². The van der Waals surface area contributed by atoms with E-state index in [0.29, 0.717) is 42.7 Å². The second-order valence-corrected chi connectivity index (χ2v) is 19.7. The number of nitrogens with zero attached hydrogens (tertiary/aromatic N) is 3. The number of amides is 9. The zero-order valence-electron chi connectivity index (χ0n) is 39.9. The highest BCUT2D eigenvalue weighted by atomic mass is 16.7. The molecule has 5 unspecified atom stereocenters. The normalized spacial score (nSPS) is 25.7. The molecule has 4 aromatic rings. The summed E-state index contributed by atoms with van der Waals surface area (Å²) in [7, 11) is 0. The fourth-order valence-electron chi connectivity index (χ4n) is 11.4. The second kappa shape index (κ2) is 21.0. The molecule has 9 amide bonds. The third-order valence-corrected chi connectivity index (χ3v) is 15.0. The van der Waals surface area contributed by atoms with Crippen LogP contribution in [-0.2, 0) is 56.0 Å². The highest BCUT2D eigenvalue weighted by molar-refractivity contribution is 6.02. The number of nitrogens with one attached hydrogen (secondary N) is 7. The quantitative estimate of drug-likeness (QED) is 0.114. The molecule has 5 heterocycles. The number of para-hydroxylation sites is 2. The van der Waals surface area contributed by atoms with Gasteiger partial charge in [0.1, 0.15) is 29.7 Å². The summed E-state index contributed by atoms with van der Waals surface area (Å²) in [5.74, 6) is -4.89. The SMILES string of the molecule is CCCN1CC(=O)N2C(CC3CCCCC32)C(=O)N[C@@H](Cc2c[nH]c3ccccc23)C(=O)NC2(CCCC2)C(=O)NC(Cc2c[nH]c3ccccc23)C(=O)NC(CCNC(=O)ON2C(=O)CCC2=O)C1=O. The number of H-pyrrole nitrogens is 2. The second-order valence-electron chi connectivity index (χ2n) is 19.7. The van der Waals surface area contributed by atoms with Crippen LogP contribution in [0.5, 0.6) is 0 Å². The van der Waals surface area contributed by atoms with Gasteiger partial charge in [0.15, 0.2) is 0 Å². The molecule has 376 valence electrons. The molecule has 5 aliphatic rings. The molecule has 6 atom stereocenters. The number of hydrogen-bond acceptors (Lipinski definition) is 10. The lowest BCUT2D eigenvalue weighted by Gasteiger charge is -2.37. The van der Waals surface area contributed by atoms with Gasteiger partial charge in [0.2, 0.25) is 35.4 Å². The van der Waals surface area contributed by atoms with Crippen LogP contribution in [0.3, 0.4) is 0 Å². The lowest BCUT2D eigenvalue weighted by Crippen LogP contribution is -2.65. The molecule has 2 aromatic carbocycles. The van der Waals surface area contributed by atoms with Gasteiger partial charge < -0.3 is 51.2 Å². The lowest BCUT2D eigenvalue weighted by molar-refractivity contribution is -0.171. The van der Waals surface area contributed by atoms with Crippen LogP contribution in [0, 0.1) is 5.92 Å². The van der Waals surface area contributed by atoms with Crippen molar-refractivity contribution in [1.82, 2.24) is 51.4 Å². The van der Waals surface area contributed by atoms with Gasteiger partial charge in [-0.05, 0) is 74.1 Å². The van der Waals surface area contributed by atoms with E-state index in [4.69, 9.17) is 4.84 Å². The van der Waals surface area contributed by atoms with Crippen LogP contribution in [0.1, 0.15) is 102 Å². The molecular weight excluding hydrogens is 913 g/mol. The highest BCUT2D eigenvalue weighted by Gasteiger charge is 2.50. The Balaban J connectivity index is 1.08. The summed E-state index contributed by atoms with van der Waals surface area (Å²) in [6.45, 7) is 1.21. The third kappa shape index (κ3) is 10.3. The first kappa shape index (κ1) is 48.8. The summed E-state index contributed by atoms with van der Waals surface area (Å²) in [4.78, 5) is 141. The highest BCUT2D eigenvalue weighted by Crippen LogP contribution is 2.40. The number of aromatic amines is 2. The Morgan fingerprint density at radius 1 is 0.718 bits per heavy atom. The van der Waals surface area contributed by atoms with Crippen LogP contribution in [-0.4, -0.2) is 134 Å². The molecule has 71 heavy (non-hydrogen) atoms. The standard InChI is InChI=1S/C51H62N10O10/c1-2-23-59-29-44(64)60-40-16-8-3-11-30(40)26-41(60)47(67)56-39(25-32-28-54-36-15-7-5-13-34(32)36)46(66)58-51(20-9-10-21-51)49(69)57-38(24-31-27-53-35-14-6-4-12-33(31)35)45(65)55-37(48(59)68)19-22-52-50(70)71-61-42(62)17-18-43(61)63/h4-7,12-15,27-28,30,37-41,53-54H,2-3,8-11,16-26,29H2,1H3,(H,52,70)(H,55,65)(H,56,67)(H,57,69)(H,58,66)/t30?,37?,38?,39-,40?,41?/m0/s1. The smallest absolute Gasteiger partial charge is 0.361 e. The van der Waals surface area contributed by atoms with Crippen molar-refractivity contribution < 1.29 is 48.0 Å². The number of hydroxylamine groups is 2. The van der Waals surface area contributed by atoms with E-state index in [9.17, 15) is 43.2 Å². The van der Waals surface area contributed by atoms with Gasteiger partial charge in [-0.15, -0.1) is 5.06 Å². The molecule has 2 saturated carbocycles. The maximum absolute atomic E-state index is 15.0. The Morgan fingerprint density at radius 3 is 1.97 bits per heavy atom. The molecule has 20 heteroatoms. The van der Waals surface area contributed by atoms with Crippen LogP contribution in [0.2, 0.25) is 0 Å². The first-order valence-electron chi connectivity index (χ1n) is 25.1. The summed E-state index contributed by atoms with van der Waals surface area (Å²) in [6, 6.07) is 9.97. The zero-order valence-corrected chi connectivity index (χ0v) is 39.9. The zero-order chi connectivity index (χ0) is 49.8. The van der Waals surface area contributed by atoms with Gasteiger partial charge in [0.05, 0.1) is 6.54 Å². The summed E-state index contributed by atoms with van der Waals surface area (Å²) in [5, 5.41) is 16.4. The monoisotopic (exact) mass is 974 g/mol. The number of aromatic nitrogens is 2. The van der Waals surface area contributed by atoms with E-state index in [2.05, 4.69) is 36.6 Å². The minimum atomic E-state index is -1.48. The van der Waals surface area contributed by atoms with Crippen molar-refractivity contribution in [2.24, 2.45) is 5.92 Å². The van der Waals surface area contributed by atoms with Gasteiger partial charge >= 0.3 is 6.09 Å². The summed E-state index contributed by atoms with van der Waals surface area (Å²) in [6.07, 6.45) is 7.68. The maximum Gasteiger partial charge on any atom is 0.432 e. The average Bonchev–Trinajstić information content (AvgIpc) is 4.22. The summed E-state index contributed by atoms with van der Waals surface area (Å²) < 4.78 is 0. The molecule has 2 aliphatic carbocycles. The van der Waals surface area contributed by atoms with Gasteiger partial charge in [0, 0.05) is 79.0 Å². The van der Waals surface area contributed by atoms with E-state index in [1.165, 1.54) is 4.90 Å². The Hall–Kier alpha value is -7.25. The average molecular weight is 975 g/mol. The van der Waals surface area contributed by atoms with Crippen LogP contribution in [0.15, 0.2) is 60.9 Å². The van der Waals surface area contributed by atoms with E-state index in [0.717, 1.165) is 46.6 Å². The van der Waals surface area contributed by atoms with Crippen molar-refractivity contribution in [2.45, 2.75) is 139 Å². The topological polar surface area (TPSA) is 264 Å². The van der Waals surface area contributed by atoms with E-state index >= 15 is 0 Å². The maximum atomic E-state index is 15.0. The van der Waals surface area contributed by atoms with Crippen LogP contribution >= 0.6 is 0 Å². The third-order valence-electron chi connectivity index (χ3n) is 15.0. The lowest BCUT2D eigenvalue weighted by atomic mass is 9.84. The minimum Gasteiger partial charge on any atom is -0.361 e. The molecule has 20 nitrogen and oxygen atoms in total. The number of fused-ring (bicyclic) bond motifs is 5. The Labute approximate surface area is 410 Å².